The Kier molecular flexibility index (Phi) is 3.91. The van der Waals surface area contributed by atoms with Crippen LogP contribution in [0.5, 0.6) is 5.75 Å². The Balaban J connectivity index is 1.40. The number of guanidine groups is 1. The summed E-state index contributed by atoms with van der Waals surface area (Å²) in [5, 5.41) is 7.16. The average molecular weight is 329 g/mol. The van der Waals surface area contributed by atoms with Gasteiger partial charge in [0, 0.05) is 24.1 Å². The van der Waals surface area contributed by atoms with Gasteiger partial charge in [0.25, 0.3) is 0 Å². The molecule has 4 rings (SSSR count). The van der Waals surface area contributed by atoms with Gasteiger partial charge in [-0.2, -0.15) is 0 Å². The third-order valence-electron chi connectivity index (χ3n) is 5.92. The van der Waals surface area contributed by atoms with E-state index in [2.05, 4.69) is 34.7 Å². The van der Waals surface area contributed by atoms with Crippen LogP contribution in [0.1, 0.15) is 38.2 Å². The van der Waals surface area contributed by atoms with Crippen LogP contribution in [-0.2, 0) is 10.2 Å². The number of hydrogen-bond acceptors (Lipinski definition) is 3. The fourth-order valence-corrected chi connectivity index (χ4v) is 4.29. The van der Waals surface area contributed by atoms with Crippen LogP contribution in [0.25, 0.3) is 0 Å². The van der Waals surface area contributed by atoms with Gasteiger partial charge in [-0.25, -0.2) is 0 Å². The van der Waals surface area contributed by atoms with Crippen LogP contribution in [-0.4, -0.2) is 44.4 Å². The first kappa shape index (κ1) is 15.8. The van der Waals surface area contributed by atoms with E-state index in [0.717, 1.165) is 24.6 Å². The number of para-hydroxylation sites is 1. The molecule has 2 saturated heterocycles. The summed E-state index contributed by atoms with van der Waals surface area (Å²) in [6.45, 7) is 2.29. The number of methoxy groups -OCH3 is 1. The zero-order valence-corrected chi connectivity index (χ0v) is 14.7. The van der Waals surface area contributed by atoms with Gasteiger partial charge in [-0.1, -0.05) is 25.1 Å². The van der Waals surface area contributed by atoms with Crippen LogP contribution in [0, 0.1) is 0 Å². The highest BCUT2D eigenvalue weighted by atomic mass is 16.5. The molecule has 3 aliphatic rings. The molecule has 2 bridgehead atoms. The molecule has 1 aliphatic carbocycles. The number of benzene rings is 1. The largest absolute Gasteiger partial charge is 0.496 e. The summed E-state index contributed by atoms with van der Waals surface area (Å²) in [4.78, 5) is 4.42. The molecule has 1 aromatic rings. The third kappa shape index (κ3) is 2.65. The number of hydrogen-bond donors (Lipinski definition) is 2. The molecule has 3 fully saturated rings. The van der Waals surface area contributed by atoms with Crippen LogP contribution in [0.2, 0.25) is 0 Å². The molecule has 5 heteroatoms. The molecule has 0 spiro atoms. The summed E-state index contributed by atoms with van der Waals surface area (Å²) in [6.07, 6.45) is 5.37. The first-order chi connectivity index (χ1) is 11.6. The minimum Gasteiger partial charge on any atom is -0.496 e. The van der Waals surface area contributed by atoms with Gasteiger partial charge in [0.2, 0.25) is 0 Å². The van der Waals surface area contributed by atoms with E-state index >= 15 is 0 Å². The predicted octanol–water partition coefficient (Wildman–Crippen LogP) is 2.21. The topological polar surface area (TPSA) is 54.9 Å². The zero-order valence-electron chi connectivity index (χ0n) is 14.7. The van der Waals surface area contributed by atoms with Gasteiger partial charge >= 0.3 is 0 Å². The van der Waals surface area contributed by atoms with E-state index in [-0.39, 0.29) is 5.41 Å². The van der Waals surface area contributed by atoms with Crippen molar-refractivity contribution in [1.82, 2.24) is 10.6 Å². The molecule has 5 unspecified atom stereocenters. The molecule has 2 aliphatic heterocycles. The minimum atomic E-state index is 0.0927. The molecule has 5 atom stereocenters. The first-order valence-electron chi connectivity index (χ1n) is 8.93. The van der Waals surface area contributed by atoms with Gasteiger partial charge in [-0.15, -0.1) is 0 Å². The van der Waals surface area contributed by atoms with Crippen LogP contribution in [0.4, 0.5) is 0 Å². The van der Waals surface area contributed by atoms with Crippen LogP contribution in [0.15, 0.2) is 29.3 Å². The van der Waals surface area contributed by atoms with Gasteiger partial charge in [0.1, 0.15) is 5.75 Å². The van der Waals surface area contributed by atoms with E-state index in [0.29, 0.717) is 24.3 Å². The Morgan fingerprint density at radius 2 is 2.12 bits per heavy atom. The minimum absolute atomic E-state index is 0.0927. The maximum absolute atomic E-state index is 5.93. The fraction of sp³-hybridized carbons (Fsp3) is 0.632. The van der Waals surface area contributed by atoms with Gasteiger partial charge in [0.05, 0.1) is 25.4 Å². The number of nitrogens with zero attached hydrogens (tertiary/aromatic N) is 1. The van der Waals surface area contributed by atoms with Gasteiger partial charge < -0.3 is 20.1 Å². The number of ether oxygens (including phenoxy) is 2. The number of aliphatic imine (C=N–C) groups is 1. The molecule has 2 N–H and O–H groups in total. The van der Waals surface area contributed by atoms with Crippen molar-refractivity contribution in [3.05, 3.63) is 29.8 Å². The van der Waals surface area contributed by atoms with Crippen molar-refractivity contribution >= 4 is 5.96 Å². The number of rotatable bonds is 4. The standard InChI is InChI=1S/C19H27N3O2/c1-19(13-6-4-5-7-15(13)23-3)11-17(19)22-18(20-2)21-14-10-12-8-9-16(14)24-12/h4-7,12,14,16-17H,8-11H2,1-3H3,(H2,20,21,22). The summed E-state index contributed by atoms with van der Waals surface area (Å²) in [6, 6.07) is 9.08. The van der Waals surface area contributed by atoms with Crippen molar-refractivity contribution in [2.24, 2.45) is 4.99 Å². The molecular formula is C19H27N3O2. The Morgan fingerprint density at radius 3 is 2.79 bits per heavy atom. The Labute approximate surface area is 143 Å². The summed E-state index contributed by atoms with van der Waals surface area (Å²) in [7, 11) is 3.58. The summed E-state index contributed by atoms with van der Waals surface area (Å²) >= 11 is 0. The third-order valence-corrected chi connectivity index (χ3v) is 5.92. The van der Waals surface area contributed by atoms with Gasteiger partial charge in [0.15, 0.2) is 5.96 Å². The van der Waals surface area contributed by atoms with E-state index in [4.69, 9.17) is 9.47 Å². The van der Waals surface area contributed by atoms with Crippen molar-refractivity contribution in [3.63, 3.8) is 0 Å². The van der Waals surface area contributed by atoms with E-state index in [1.807, 2.05) is 19.2 Å². The SMILES string of the molecule is CN=C(NC1CC2CCC1O2)NC1CC1(C)c1ccccc1OC. The lowest BCUT2D eigenvalue weighted by Gasteiger charge is -2.23. The summed E-state index contributed by atoms with van der Waals surface area (Å²) in [5.41, 5.74) is 1.36. The Morgan fingerprint density at radius 1 is 1.29 bits per heavy atom. The molecule has 5 nitrogen and oxygen atoms in total. The lowest BCUT2D eigenvalue weighted by atomic mass is 9.95. The first-order valence-corrected chi connectivity index (χ1v) is 8.93. The quantitative estimate of drug-likeness (QED) is 0.657. The number of fused-ring (bicyclic) bond motifs is 2. The van der Waals surface area contributed by atoms with Crippen molar-refractivity contribution in [3.8, 4) is 5.75 Å². The molecule has 130 valence electrons. The van der Waals surface area contributed by atoms with E-state index in [9.17, 15) is 0 Å². The molecular weight excluding hydrogens is 302 g/mol. The predicted molar refractivity (Wildman–Crippen MR) is 94.7 cm³/mol. The van der Waals surface area contributed by atoms with Crippen molar-refractivity contribution < 1.29 is 9.47 Å². The maximum atomic E-state index is 5.93. The van der Waals surface area contributed by atoms with Crippen molar-refractivity contribution in [1.29, 1.82) is 0 Å². The molecule has 1 aromatic carbocycles. The van der Waals surface area contributed by atoms with Gasteiger partial charge in [-0.05, 0) is 31.7 Å². The molecule has 0 radical (unpaired) electrons. The molecule has 1 saturated carbocycles. The normalized spacial score (nSPS) is 37.4. The van der Waals surface area contributed by atoms with Gasteiger partial charge in [-0.3, -0.25) is 4.99 Å². The Bertz CT molecular complexity index is 647. The monoisotopic (exact) mass is 329 g/mol. The van der Waals surface area contributed by atoms with Crippen LogP contribution < -0.4 is 15.4 Å². The van der Waals surface area contributed by atoms with E-state index in [1.54, 1.807) is 7.11 Å². The highest BCUT2D eigenvalue weighted by Gasteiger charge is 2.53. The second-order valence-corrected chi connectivity index (χ2v) is 7.45. The van der Waals surface area contributed by atoms with E-state index < -0.39 is 0 Å². The van der Waals surface area contributed by atoms with Crippen molar-refractivity contribution in [2.75, 3.05) is 14.2 Å². The van der Waals surface area contributed by atoms with Crippen LogP contribution >= 0.6 is 0 Å². The van der Waals surface area contributed by atoms with Crippen molar-refractivity contribution in [2.45, 2.75) is 62.3 Å². The Hall–Kier alpha value is -1.75. The average Bonchev–Trinajstić information content (AvgIpc) is 2.95. The summed E-state index contributed by atoms with van der Waals surface area (Å²) in [5.74, 6) is 1.86. The lowest BCUT2D eigenvalue weighted by Crippen LogP contribution is -2.48. The zero-order chi connectivity index (χ0) is 16.7. The highest BCUT2D eigenvalue weighted by Crippen LogP contribution is 2.51. The maximum Gasteiger partial charge on any atom is 0.191 e. The second-order valence-electron chi connectivity index (χ2n) is 7.45. The second kappa shape index (κ2) is 5.96. The number of nitrogens with one attached hydrogen (secondary N) is 2. The lowest BCUT2D eigenvalue weighted by molar-refractivity contribution is 0.0992. The smallest absolute Gasteiger partial charge is 0.191 e. The molecule has 2 heterocycles. The molecule has 0 aromatic heterocycles. The molecule has 0 amide bonds. The van der Waals surface area contributed by atoms with Crippen LogP contribution in [0.3, 0.4) is 0 Å². The highest BCUT2D eigenvalue weighted by molar-refractivity contribution is 5.81. The summed E-state index contributed by atoms with van der Waals surface area (Å²) < 4.78 is 11.5. The van der Waals surface area contributed by atoms with E-state index in [1.165, 1.54) is 18.4 Å². The fourth-order valence-electron chi connectivity index (χ4n) is 4.29. The molecule has 24 heavy (non-hydrogen) atoms.